The second kappa shape index (κ2) is 4.12. The molecule has 2 nitrogen and oxygen atoms in total. The molecule has 0 amide bonds. The number of Topliss-reactive ketones (excluding diaryl/α,β-unsaturated/α-hetero) is 1. The number of halogens is 4. The molecule has 0 unspecified atom stereocenters. The minimum Gasteiger partial charge on any atom is -0.339 e. The van der Waals surface area contributed by atoms with E-state index in [4.69, 9.17) is 0 Å². The van der Waals surface area contributed by atoms with Gasteiger partial charge in [0.25, 0.3) is 0 Å². The van der Waals surface area contributed by atoms with Gasteiger partial charge in [0.2, 0.25) is 0 Å². The van der Waals surface area contributed by atoms with E-state index in [0.717, 1.165) is 11.5 Å². The quantitative estimate of drug-likeness (QED) is 0.723. The van der Waals surface area contributed by atoms with Crippen LogP contribution >= 0.6 is 15.9 Å². The maximum atomic E-state index is 13.0. The van der Waals surface area contributed by atoms with Crippen LogP contribution < -0.4 is 0 Å². The Morgan fingerprint density at radius 2 is 1.94 bits per heavy atom. The third-order valence-corrected chi connectivity index (χ3v) is 3.28. The van der Waals surface area contributed by atoms with Crippen molar-refractivity contribution < 1.29 is 18.0 Å². The van der Waals surface area contributed by atoms with E-state index >= 15 is 0 Å². The van der Waals surface area contributed by atoms with Gasteiger partial charge in [-0.2, -0.15) is 13.2 Å². The lowest BCUT2D eigenvalue weighted by Crippen LogP contribution is -2.15. The zero-order valence-corrected chi connectivity index (χ0v) is 11.2. The van der Waals surface area contributed by atoms with Crippen molar-refractivity contribution >= 4 is 32.6 Å². The zero-order valence-electron chi connectivity index (χ0n) is 9.60. The van der Waals surface area contributed by atoms with Crippen LogP contribution in [-0.4, -0.2) is 10.4 Å². The predicted octanol–water partition coefficient (Wildman–Crippen LogP) is 4.16. The van der Waals surface area contributed by atoms with Crippen LogP contribution in [0.25, 0.3) is 10.9 Å². The maximum absolute atomic E-state index is 13.0. The van der Waals surface area contributed by atoms with E-state index in [1.165, 1.54) is 13.1 Å². The number of benzene rings is 1. The molecule has 1 heterocycles. The van der Waals surface area contributed by atoms with Gasteiger partial charge in [-0.1, -0.05) is 15.9 Å². The number of hydrogen-bond acceptors (Lipinski definition) is 1. The molecule has 0 spiro atoms. The van der Waals surface area contributed by atoms with Crippen LogP contribution in [0.15, 0.2) is 22.7 Å². The molecule has 0 aliphatic carbocycles. The fourth-order valence-corrected chi connectivity index (χ4v) is 2.47. The molecule has 0 radical (unpaired) electrons. The topological polar surface area (TPSA) is 22.0 Å². The number of rotatable bonds is 1. The molecule has 1 aromatic carbocycles. The van der Waals surface area contributed by atoms with Gasteiger partial charge in [0, 0.05) is 22.4 Å². The molecular weight excluding hydrogens is 311 g/mol. The van der Waals surface area contributed by atoms with E-state index in [0.29, 0.717) is 15.4 Å². The standard InChI is InChI=1S/C12H9BrF3NO/c1-6(18)10-8-5-7(13)3-4-9(8)17(2)11(10)12(14,15)16/h3-5H,1-2H3. The van der Waals surface area contributed by atoms with E-state index in [-0.39, 0.29) is 5.56 Å². The van der Waals surface area contributed by atoms with Crippen molar-refractivity contribution in [2.75, 3.05) is 0 Å². The number of carbonyl (C=O) groups is 1. The smallest absolute Gasteiger partial charge is 0.339 e. The first-order valence-corrected chi connectivity index (χ1v) is 5.89. The Bertz CT molecular complexity index is 643. The molecule has 0 bridgehead atoms. The zero-order chi connectivity index (χ0) is 13.7. The van der Waals surface area contributed by atoms with E-state index in [1.54, 1.807) is 12.1 Å². The first-order valence-electron chi connectivity index (χ1n) is 5.09. The fourth-order valence-electron chi connectivity index (χ4n) is 2.10. The van der Waals surface area contributed by atoms with Gasteiger partial charge in [-0.05, 0) is 25.1 Å². The van der Waals surface area contributed by atoms with E-state index in [1.807, 2.05) is 0 Å². The summed E-state index contributed by atoms with van der Waals surface area (Å²) in [6.45, 7) is 1.14. The second-order valence-corrected chi connectivity index (χ2v) is 4.91. The molecule has 6 heteroatoms. The molecule has 0 aliphatic rings. The van der Waals surface area contributed by atoms with Gasteiger partial charge in [0.1, 0.15) is 5.69 Å². The van der Waals surface area contributed by atoms with Crippen LogP contribution in [0, 0.1) is 0 Å². The highest BCUT2D eigenvalue weighted by molar-refractivity contribution is 9.10. The van der Waals surface area contributed by atoms with Crippen molar-refractivity contribution in [2.24, 2.45) is 7.05 Å². The molecule has 0 atom stereocenters. The summed E-state index contributed by atoms with van der Waals surface area (Å²) in [5.41, 5.74) is -0.792. The molecule has 0 saturated heterocycles. The molecule has 0 saturated carbocycles. The molecule has 18 heavy (non-hydrogen) atoms. The predicted molar refractivity (Wildman–Crippen MR) is 65.6 cm³/mol. The minimum atomic E-state index is -4.55. The average molecular weight is 320 g/mol. The molecule has 2 rings (SSSR count). The number of hydrogen-bond donors (Lipinski definition) is 0. The molecule has 0 aliphatic heterocycles. The van der Waals surface area contributed by atoms with Crippen LogP contribution in [-0.2, 0) is 13.2 Å². The van der Waals surface area contributed by atoms with E-state index in [9.17, 15) is 18.0 Å². The lowest BCUT2D eigenvalue weighted by atomic mass is 10.1. The summed E-state index contributed by atoms with van der Waals surface area (Å²) in [5.74, 6) is -0.592. The van der Waals surface area contributed by atoms with Gasteiger partial charge in [0.05, 0.1) is 5.56 Å². The largest absolute Gasteiger partial charge is 0.432 e. The summed E-state index contributed by atoms with van der Waals surface area (Å²) in [6, 6.07) is 4.73. The van der Waals surface area contributed by atoms with Crippen molar-refractivity contribution in [2.45, 2.75) is 13.1 Å². The first kappa shape index (κ1) is 13.1. The number of alkyl halides is 3. The molecule has 0 fully saturated rings. The Balaban J connectivity index is 2.97. The van der Waals surface area contributed by atoms with Crippen LogP contribution in [0.1, 0.15) is 23.0 Å². The van der Waals surface area contributed by atoms with Crippen molar-refractivity contribution in [1.82, 2.24) is 4.57 Å². The molecule has 0 N–H and O–H groups in total. The highest BCUT2D eigenvalue weighted by Gasteiger charge is 2.39. The first-order chi connectivity index (χ1) is 8.23. The maximum Gasteiger partial charge on any atom is 0.432 e. The van der Waals surface area contributed by atoms with Gasteiger partial charge in [-0.15, -0.1) is 0 Å². The highest BCUT2D eigenvalue weighted by Crippen LogP contribution is 2.38. The summed E-state index contributed by atoms with van der Waals surface area (Å²) in [5, 5.41) is 0.312. The number of nitrogens with zero attached hydrogens (tertiary/aromatic N) is 1. The molecular formula is C12H9BrF3NO. The van der Waals surface area contributed by atoms with Crippen LogP contribution in [0.2, 0.25) is 0 Å². The van der Waals surface area contributed by atoms with Crippen molar-refractivity contribution in [1.29, 1.82) is 0 Å². The number of aromatic nitrogens is 1. The van der Waals surface area contributed by atoms with Crippen molar-refractivity contribution in [3.63, 3.8) is 0 Å². The summed E-state index contributed by atoms with van der Waals surface area (Å²) in [6.07, 6.45) is -4.55. The summed E-state index contributed by atoms with van der Waals surface area (Å²) in [4.78, 5) is 11.5. The lowest BCUT2D eigenvalue weighted by Gasteiger charge is -2.09. The van der Waals surface area contributed by atoms with Crippen molar-refractivity contribution in [3.8, 4) is 0 Å². The molecule has 96 valence electrons. The number of aryl methyl sites for hydroxylation is 1. The fraction of sp³-hybridized carbons (Fsp3) is 0.250. The Morgan fingerprint density at radius 1 is 1.33 bits per heavy atom. The van der Waals surface area contributed by atoms with Gasteiger partial charge in [0.15, 0.2) is 5.78 Å². The minimum absolute atomic E-state index is 0.277. The Hall–Kier alpha value is -1.30. The normalized spacial score (nSPS) is 12.1. The monoisotopic (exact) mass is 319 g/mol. The SMILES string of the molecule is CC(=O)c1c(C(F)(F)F)n(C)c2ccc(Br)cc12. The van der Waals surface area contributed by atoms with Gasteiger partial charge >= 0.3 is 6.18 Å². The number of carbonyl (C=O) groups excluding carboxylic acids is 1. The lowest BCUT2D eigenvalue weighted by molar-refractivity contribution is -0.143. The van der Waals surface area contributed by atoms with E-state index in [2.05, 4.69) is 15.9 Å². The van der Waals surface area contributed by atoms with Crippen molar-refractivity contribution in [3.05, 3.63) is 33.9 Å². The van der Waals surface area contributed by atoms with Gasteiger partial charge < -0.3 is 4.57 Å². The van der Waals surface area contributed by atoms with Crippen LogP contribution in [0.5, 0.6) is 0 Å². The van der Waals surface area contributed by atoms with Crippen LogP contribution in [0.3, 0.4) is 0 Å². The summed E-state index contributed by atoms with van der Waals surface area (Å²) in [7, 11) is 1.31. The summed E-state index contributed by atoms with van der Waals surface area (Å²) < 4.78 is 40.7. The highest BCUT2D eigenvalue weighted by atomic mass is 79.9. The number of ketones is 1. The van der Waals surface area contributed by atoms with Gasteiger partial charge in [-0.25, -0.2) is 0 Å². The average Bonchev–Trinajstić information content (AvgIpc) is 2.50. The Labute approximate surface area is 110 Å². The molecule has 2 aromatic rings. The summed E-state index contributed by atoms with van der Waals surface area (Å²) >= 11 is 3.20. The van der Waals surface area contributed by atoms with E-state index < -0.39 is 17.7 Å². The number of fused-ring (bicyclic) bond motifs is 1. The van der Waals surface area contributed by atoms with Gasteiger partial charge in [-0.3, -0.25) is 4.79 Å². The van der Waals surface area contributed by atoms with Crippen LogP contribution in [0.4, 0.5) is 13.2 Å². The third-order valence-electron chi connectivity index (χ3n) is 2.78. The third kappa shape index (κ3) is 1.94. The Kier molecular flexibility index (Phi) is 3.01. The molecule has 1 aromatic heterocycles. The second-order valence-electron chi connectivity index (χ2n) is 4.00. The Morgan fingerprint density at radius 3 is 2.44 bits per heavy atom.